The highest BCUT2D eigenvalue weighted by Gasteiger charge is 2.26. The van der Waals surface area contributed by atoms with E-state index in [1.165, 1.54) is 0 Å². The number of nitrogens with zero attached hydrogens (tertiary/aromatic N) is 2. The van der Waals surface area contributed by atoms with Gasteiger partial charge in [-0.1, -0.05) is 13.2 Å². The van der Waals surface area contributed by atoms with Gasteiger partial charge in [0.2, 0.25) is 0 Å². The summed E-state index contributed by atoms with van der Waals surface area (Å²) in [5.74, 6) is -1.13. The van der Waals surface area contributed by atoms with Gasteiger partial charge in [0.15, 0.2) is 0 Å². The fraction of sp³-hybridized carbons (Fsp3) is 0.571. The largest absolute Gasteiger partial charge is 0.390 e. The third-order valence-electron chi connectivity index (χ3n) is 3.06. The Balaban J connectivity index is 2.40. The number of carbonyl (C=O) groups is 2. The first kappa shape index (κ1) is 15.4. The van der Waals surface area contributed by atoms with Crippen molar-refractivity contribution in [2.75, 3.05) is 27.2 Å². The highest BCUT2D eigenvalue weighted by molar-refractivity contribution is 5.96. The normalized spacial score (nSPS) is 18.5. The fourth-order valence-corrected chi connectivity index (χ4v) is 2.17. The molecular weight excluding hydrogens is 244 g/mol. The van der Waals surface area contributed by atoms with E-state index in [1.807, 2.05) is 19.0 Å². The molecule has 0 bridgehead atoms. The number of likely N-dealkylation sites (N-methyl/N-ethyl adjacent to an activating group) is 1. The van der Waals surface area contributed by atoms with E-state index in [0.29, 0.717) is 6.54 Å². The molecule has 0 aromatic carbocycles. The van der Waals surface area contributed by atoms with Crippen molar-refractivity contribution in [2.45, 2.75) is 25.3 Å². The van der Waals surface area contributed by atoms with Crippen LogP contribution in [0.2, 0.25) is 0 Å². The smallest absolute Gasteiger partial charge is 0.342 e. The zero-order chi connectivity index (χ0) is 14.4. The molecule has 0 spiro atoms. The van der Waals surface area contributed by atoms with Gasteiger partial charge in [0.05, 0.1) is 6.42 Å². The molecule has 0 amide bonds. The van der Waals surface area contributed by atoms with Crippen molar-refractivity contribution in [3.63, 3.8) is 0 Å². The number of likely N-dealkylation sites (tertiary alicyclic amines) is 1. The van der Waals surface area contributed by atoms with Gasteiger partial charge in [0.1, 0.15) is 0 Å². The van der Waals surface area contributed by atoms with Crippen LogP contribution in [0.25, 0.3) is 0 Å². The topological polar surface area (TPSA) is 49.9 Å². The van der Waals surface area contributed by atoms with Crippen LogP contribution in [0.15, 0.2) is 24.9 Å². The van der Waals surface area contributed by atoms with Crippen molar-refractivity contribution in [2.24, 2.45) is 0 Å². The van der Waals surface area contributed by atoms with E-state index in [-0.39, 0.29) is 18.0 Å². The lowest BCUT2D eigenvalue weighted by Gasteiger charge is -2.21. The molecule has 5 heteroatoms. The number of carbonyl (C=O) groups excluding carboxylic acids is 2. The number of hydrogen-bond acceptors (Lipinski definition) is 5. The van der Waals surface area contributed by atoms with Crippen LogP contribution in [-0.4, -0.2) is 55.0 Å². The van der Waals surface area contributed by atoms with Crippen LogP contribution in [0.5, 0.6) is 0 Å². The Morgan fingerprint density at radius 3 is 2.74 bits per heavy atom. The molecular formula is C14H22N2O3. The van der Waals surface area contributed by atoms with Crippen LogP contribution >= 0.6 is 0 Å². The molecule has 1 saturated heterocycles. The molecule has 1 fully saturated rings. The van der Waals surface area contributed by atoms with Crippen LogP contribution in [-0.2, 0) is 14.3 Å². The lowest BCUT2D eigenvalue weighted by Crippen LogP contribution is -2.29. The predicted octanol–water partition coefficient (Wildman–Crippen LogP) is 1.17. The third kappa shape index (κ3) is 4.87. The van der Waals surface area contributed by atoms with Crippen molar-refractivity contribution < 1.29 is 14.3 Å². The summed E-state index contributed by atoms with van der Waals surface area (Å²) >= 11 is 0. The van der Waals surface area contributed by atoms with Crippen molar-refractivity contribution in [3.05, 3.63) is 24.9 Å². The van der Waals surface area contributed by atoms with Gasteiger partial charge < -0.3 is 14.5 Å². The summed E-state index contributed by atoms with van der Waals surface area (Å²) in [4.78, 5) is 27.1. The zero-order valence-electron chi connectivity index (χ0n) is 11.7. The summed E-state index contributed by atoms with van der Waals surface area (Å²) in [5, 5.41) is 0. The molecule has 106 valence electrons. The second kappa shape index (κ2) is 7.09. The molecule has 0 radical (unpaired) electrons. The van der Waals surface area contributed by atoms with Crippen molar-refractivity contribution in [1.82, 2.24) is 9.80 Å². The van der Waals surface area contributed by atoms with E-state index in [2.05, 4.69) is 13.2 Å². The molecule has 19 heavy (non-hydrogen) atoms. The summed E-state index contributed by atoms with van der Waals surface area (Å²) in [6.45, 7) is 8.61. The Labute approximate surface area is 114 Å². The highest BCUT2D eigenvalue weighted by Crippen LogP contribution is 2.20. The first-order valence-corrected chi connectivity index (χ1v) is 6.40. The predicted molar refractivity (Wildman–Crippen MR) is 73.3 cm³/mol. The summed E-state index contributed by atoms with van der Waals surface area (Å²) in [5.41, 5.74) is 0.283. The minimum absolute atomic E-state index is 0.0971. The first-order valence-electron chi connectivity index (χ1n) is 6.40. The molecule has 0 aliphatic carbocycles. The molecule has 0 aromatic rings. The molecule has 1 atom stereocenters. The van der Waals surface area contributed by atoms with Crippen LogP contribution in [0.4, 0.5) is 0 Å². The average molecular weight is 266 g/mol. The first-order chi connectivity index (χ1) is 8.93. The van der Waals surface area contributed by atoms with Crippen LogP contribution < -0.4 is 0 Å². The van der Waals surface area contributed by atoms with Crippen molar-refractivity contribution in [1.29, 1.82) is 0 Å². The molecule has 0 N–H and O–H groups in total. The molecule has 0 aromatic heterocycles. The number of ether oxygens (including phenoxy) is 1. The Bertz CT molecular complexity index is 377. The average Bonchev–Trinajstić information content (AvgIpc) is 2.74. The number of hydrogen-bond donors (Lipinski definition) is 0. The fourth-order valence-electron chi connectivity index (χ4n) is 2.17. The van der Waals surface area contributed by atoms with E-state index in [1.54, 1.807) is 11.1 Å². The maximum atomic E-state index is 11.7. The van der Waals surface area contributed by atoms with Gasteiger partial charge in [-0.25, -0.2) is 4.79 Å². The molecule has 5 nitrogen and oxygen atoms in total. The van der Waals surface area contributed by atoms with Gasteiger partial charge in [-0.2, -0.15) is 0 Å². The molecule has 1 rings (SSSR count). The van der Waals surface area contributed by atoms with Gasteiger partial charge in [-0.05, 0) is 33.1 Å². The maximum absolute atomic E-state index is 11.7. The SMILES string of the molecule is C=CN1CCCC1CC(=O)OC(=O)C(=C)CN(C)C. The zero-order valence-corrected chi connectivity index (χ0v) is 11.7. The Morgan fingerprint density at radius 1 is 1.47 bits per heavy atom. The minimum atomic E-state index is -0.637. The van der Waals surface area contributed by atoms with E-state index >= 15 is 0 Å². The molecule has 0 saturated carbocycles. The van der Waals surface area contributed by atoms with E-state index in [0.717, 1.165) is 19.4 Å². The molecule has 1 aliphatic rings. The maximum Gasteiger partial charge on any atom is 0.342 e. The van der Waals surface area contributed by atoms with Crippen LogP contribution in [0.1, 0.15) is 19.3 Å². The Kier molecular flexibility index (Phi) is 5.76. The molecule has 1 heterocycles. The van der Waals surface area contributed by atoms with E-state index in [4.69, 9.17) is 4.74 Å². The third-order valence-corrected chi connectivity index (χ3v) is 3.06. The van der Waals surface area contributed by atoms with Crippen molar-refractivity contribution in [3.8, 4) is 0 Å². The second-order valence-corrected chi connectivity index (χ2v) is 5.02. The van der Waals surface area contributed by atoms with E-state index < -0.39 is 11.9 Å². The van der Waals surface area contributed by atoms with Gasteiger partial charge in [0.25, 0.3) is 0 Å². The lowest BCUT2D eigenvalue weighted by atomic mass is 10.1. The molecule has 1 aliphatic heterocycles. The van der Waals surface area contributed by atoms with Gasteiger partial charge in [0, 0.05) is 24.7 Å². The summed E-state index contributed by atoms with van der Waals surface area (Å²) in [6.07, 6.45) is 3.91. The van der Waals surface area contributed by atoms with Crippen LogP contribution in [0, 0.1) is 0 Å². The summed E-state index contributed by atoms with van der Waals surface area (Å²) in [6, 6.07) is 0.0971. The van der Waals surface area contributed by atoms with Crippen LogP contribution in [0.3, 0.4) is 0 Å². The summed E-state index contributed by atoms with van der Waals surface area (Å²) < 4.78 is 4.80. The molecule has 1 unspecified atom stereocenters. The standard InChI is InChI=1S/C14H22N2O3/c1-5-16-8-6-7-12(16)9-13(17)19-14(18)11(2)10-15(3)4/h5,12H,1-2,6-10H2,3-4H3. The number of esters is 2. The Morgan fingerprint density at radius 2 is 2.16 bits per heavy atom. The Hall–Kier alpha value is -1.62. The van der Waals surface area contributed by atoms with Gasteiger partial charge in [-0.3, -0.25) is 4.79 Å². The quantitative estimate of drug-likeness (QED) is 0.410. The van der Waals surface area contributed by atoms with E-state index in [9.17, 15) is 9.59 Å². The minimum Gasteiger partial charge on any atom is -0.390 e. The number of rotatable bonds is 6. The highest BCUT2D eigenvalue weighted by atomic mass is 16.6. The second-order valence-electron chi connectivity index (χ2n) is 5.02. The van der Waals surface area contributed by atoms with Crippen molar-refractivity contribution >= 4 is 11.9 Å². The lowest BCUT2D eigenvalue weighted by molar-refractivity contribution is -0.157. The monoisotopic (exact) mass is 266 g/mol. The van der Waals surface area contributed by atoms with Gasteiger partial charge in [-0.15, -0.1) is 0 Å². The summed E-state index contributed by atoms with van der Waals surface area (Å²) in [7, 11) is 3.64. The van der Waals surface area contributed by atoms with Gasteiger partial charge >= 0.3 is 11.9 Å².